The van der Waals surface area contributed by atoms with Crippen LogP contribution in [0.15, 0.2) is 58.8 Å². The Labute approximate surface area is 185 Å². The fraction of sp³-hybridized carbons (Fsp3) is 0.292. The molecule has 2 amide bonds. The number of carbonyl (C=O) groups excluding carboxylic acids is 1. The topological polar surface area (TPSA) is 80.5 Å². The second kappa shape index (κ2) is 8.82. The molecule has 1 unspecified atom stereocenters. The minimum atomic E-state index is -0.512. The van der Waals surface area contributed by atoms with Crippen LogP contribution in [0.3, 0.4) is 0 Å². The molecule has 0 aliphatic carbocycles. The highest BCUT2D eigenvalue weighted by Crippen LogP contribution is 2.38. The van der Waals surface area contributed by atoms with Gasteiger partial charge in [0.05, 0.1) is 18.7 Å². The number of urea groups is 1. The van der Waals surface area contributed by atoms with Gasteiger partial charge in [-0.25, -0.2) is 9.18 Å². The van der Waals surface area contributed by atoms with E-state index < -0.39 is 6.04 Å². The molecule has 2 aromatic carbocycles. The van der Waals surface area contributed by atoms with Gasteiger partial charge in [-0.3, -0.25) is 4.90 Å². The van der Waals surface area contributed by atoms with Crippen LogP contribution in [-0.2, 0) is 0 Å². The minimum absolute atomic E-state index is 0.197. The van der Waals surface area contributed by atoms with Crippen molar-refractivity contribution < 1.29 is 18.4 Å². The summed E-state index contributed by atoms with van der Waals surface area (Å²) in [6.07, 6.45) is 0. The van der Waals surface area contributed by atoms with Crippen LogP contribution in [0.25, 0.3) is 17.0 Å². The maximum absolute atomic E-state index is 13.7. The average Bonchev–Trinajstić information content (AvgIpc) is 3.26. The Kier molecular flexibility index (Phi) is 5.94. The quantitative estimate of drug-likeness (QED) is 0.586. The number of hydrogen-bond donors (Lipinski definition) is 1. The molecule has 0 radical (unpaired) electrons. The number of carbonyl (C=O) groups is 1. The Morgan fingerprint density at radius 3 is 2.72 bits per heavy atom. The zero-order valence-electron chi connectivity index (χ0n) is 18.4. The van der Waals surface area contributed by atoms with Crippen molar-refractivity contribution in [3.63, 3.8) is 0 Å². The van der Waals surface area contributed by atoms with E-state index >= 15 is 0 Å². The molecule has 32 heavy (non-hydrogen) atoms. The molecule has 0 bridgehead atoms. The Morgan fingerprint density at radius 2 is 2.00 bits per heavy atom. The standard InChI is InChI=1S/C24H25FN4O3/c1-14(2)13-29-15(3)20(21(26-24(29)30)16-7-6-10-19(12-16)31-4)23-27-22(28-32-23)17-8-5-9-18(25)11-17/h5-12,14,21H,13H2,1-4H3,(H,26,30). The van der Waals surface area contributed by atoms with E-state index in [1.165, 1.54) is 12.1 Å². The van der Waals surface area contributed by atoms with Crippen molar-refractivity contribution in [2.75, 3.05) is 13.7 Å². The van der Waals surface area contributed by atoms with Crippen LogP contribution in [0.1, 0.15) is 38.3 Å². The molecule has 0 spiro atoms. The van der Waals surface area contributed by atoms with Crippen molar-refractivity contribution in [2.45, 2.75) is 26.8 Å². The third-order valence-electron chi connectivity index (χ3n) is 5.31. The molecule has 8 heteroatoms. The number of rotatable bonds is 6. The van der Waals surface area contributed by atoms with E-state index in [1.807, 2.05) is 45.0 Å². The second-order valence-corrected chi connectivity index (χ2v) is 8.10. The molecule has 2 heterocycles. The van der Waals surface area contributed by atoms with E-state index in [0.29, 0.717) is 23.4 Å². The fourth-order valence-corrected chi connectivity index (χ4v) is 3.79. The first-order chi connectivity index (χ1) is 15.4. The highest BCUT2D eigenvalue weighted by molar-refractivity contribution is 5.87. The molecule has 1 aliphatic heterocycles. The highest BCUT2D eigenvalue weighted by atomic mass is 19.1. The summed E-state index contributed by atoms with van der Waals surface area (Å²) in [5, 5.41) is 7.12. The Morgan fingerprint density at radius 1 is 1.22 bits per heavy atom. The summed E-state index contributed by atoms with van der Waals surface area (Å²) in [6.45, 7) is 6.50. The summed E-state index contributed by atoms with van der Waals surface area (Å²) in [5.74, 6) is 1.09. The first-order valence-corrected chi connectivity index (χ1v) is 10.4. The molecular weight excluding hydrogens is 411 g/mol. The van der Waals surface area contributed by atoms with Crippen LogP contribution < -0.4 is 10.1 Å². The van der Waals surface area contributed by atoms with E-state index in [2.05, 4.69) is 15.5 Å². The Balaban J connectivity index is 1.83. The maximum atomic E-state index is 13.7. The number of allylic oxidation sites excluding steroid dienone is 1. The van der Waals surface area contributed by atoms with E-state index in [4.69, 9.17) is 9.26 Å². The van der Waals surface area contributed by atoms with Gasteiger partial charge >= 0.3 is 6.03 Å². The number of amides is 2. The lowest BCUT2D eigenvalue weighted by Gasteiger charge is -2.36. The maximum Gasteiger partial charge on any atom is 0.322 e. The molecule has 0 saturated carbocycles. The number of methoxy groups -OCH3 is 1. The zero-order valence-corrected chi connectivity index (χ0v) is 18.4. The van der Waals surface area contributed by atoms with Crippen LogP contribution in [0, 0.1) is 11.7 Å². The third-order valence-corrected chi connectivity index (χ3v) is 5.31. The van der Waals surface area contributed by atoms with Crippen molar-refractivity contribution in [3.05, 3.63) is 71.5 Å². The van der Waals surface area contributed by atoms with Crippen molar-refractivity contribution in [3.8, 4) is 17.1 Å². The lowest BCUT2D eigenvalue weighted by atomic mass is 9.94. The number of aromatic nitrogens is 2. The number of ether oxygens (including phenoxy) is 1. The normalized spacial score (nSPS) is 16.5. The molecule has 166 valence electrons. The smallest absolute Gasteiger partial charge is 0.322 e. The molecule has 0 saturated heterocycles. The van der Waals surface area contributed by atoms with Gasteiger partial charge in [-0.1, -0.05) is 43.3 Å². The molecule has 1 atom stereocenters. The van der Waals surface area contributed by atoms with E-state index in [1.54, 1.807) is 24.1 Å². The largest absolute Gasteiger partial charge is 0.497 e. The summed E-state index contributed by atoms with van der Waals surface area (Å²) in [5.41, 5.74) is 2.75. The predicted octanol–water partition coefficient (Wildman–Crippen LogP) is 5.04. The molecule has 7 nitrogen and oxygen atoms in total. The highest BCUT2D eigenvalue weighted by Gasteiger charge is 2.36. The molecule has 1 aliphatic rings. The summed E-state index contributed by atoms with van der Waals surface area (Å²) in [4.78, 5) is 19.2. The summed E-state index contributed by atoms with van der Waals surface area (Å²) in [6, 6.07) is 12.8. The van der Waals surface area contributed by atoms with Gasteiger partial charge in [-0.15, -0.1) is 0 Å². The zero-order chi connectivity index (χ0) is 22.8. The summed E-state index contributed by atoms with van der Waals surface area (Å²) in [7, 11) is 1.59. The molecular formula is C24H25FN4O3. The molecule has 4 rings (SSSR count). The van der Waals surface area contributed by atoms with Gasteiger partial charge in [-0.2, -0.15) is 4.98 Å². The molecule has 0 fully saturated rings. The first kappa shape index (κ1) is 21.5. The number of nitrogens with one attached hydrogen (secondary N) is 1. The summed E-state index contributed by atoms with van der Waals surface area (Å²) < 4.78 is 24.7. The van der Waals surface area contributed by atoms with Gasteiger partial charge in [0.25, 0.3) is 5.89 Å². The van der Waals surface area contributed by atoms with Crippen LogP contribution in [0.5, 0.6) is 5.75 Å². The second-order valence-electron chi connectivity index (χ2n) is 8.10. The van der Waals surface area contributed by atoms with Gasteiger partial charge in [0.2, 0.25) is 5.82 Å². The van der Waals surface area contributed by atoms with Crippen LogP contribution in [0.4, 0.5) is 9.18 Å². The number of halogens is 1. The lowest BCUT2D eigenvalue weighted by molar-refractivity contribution is 0.199. The van der Waals surface area contributed by atoms with Crippen LogP contribution >= 0.6 is 0 Å². The van der Waals surface area contributed by atoms with E-state index in [9.17, 15) is 9.18 Å². The number of hydrogen-bond acceptors (Lipinski definition) is 5. The minimum Gasteiger partial charge on any atom is -0.497 e. The van der Waals surface area contributed by atoms with Gasteiger partial charge in [0.1, 0.15) is 11.6 Å². The van der Waals surface area contributed by atoms with Crippen molar-refractivity contribution in [1.82, 2.24) is 20.4 Å². The third kappa shape index (κ3) is 4.21. The fourth-order valence-electron chi connectivity index (χ4n) is 3.79. The lowest BCUT2D eigenvalue weighted by Crippen LogP contribution is -2.47. The van der Waals surface area contributed by atoms with Gasteiger partial charge < -0.3 is 14.6 Å². The molecule has 1 N–H and O–H groups in total. The van der Waals surface area contributed by atoms with Crippen molar-refractivity contribution in [1.29, 1.82) is 0 Å². The predicted molar refractivity (Wildman–Crippen MR) is 118 cm³/mol. The van der Waals surface area contributed by atoms with Gasteiger partial charge in [0.15, 0.2) is 0 Å². The van der Waals surface area contributed by atoms with Crippen LogP contribution in [-0.4, -0.2) is 34.7 Å². The van der Waals surface area contributed by atoms with E-state index in [0.717, 1.165) is 11.3 Å². The summed E-state index contributed by atoms with van der Waals surface area (Å²) >= 11 is 0. The van der Waals surface area contributed by atoms with Crippen molar-refractivity contribution >= 4 is 11.6 Å². The first-order valence-electron chi connectivity index (χ1n) is 10.4. The van der Waals surface area contributed by atoms with Crippen molar-refractivity contribution in [2.24, 2.45) is 5.92 Å². The van der Waals surface area contributed by atoms with Crippen LogP contribution in [0.2, 0.25) is 0 Å². The number of benzene rings is 2. The molecule has 3 aromatic rings. The number of nitrogens with zero attached hydrogens (tertiary/aromatic N) is 3. The monoisotopic (exact) mass is 436 g/mol. The average molecular weight is 436 g/mol. The Hall–Kier alpha value is -3.68. The van der Waals surface area contributed by atoms with E-state index in [-0.39, 0.29) is 29.5 Å². The van der Waals surface area contributed by atoms with Gasteiger partial charge in [-0.05, 0) is 42.7 Å². The molecule has 1 aromatic heterocycles. The SMILES string of the molecule is COc1cccc(C2NC(=O)N(CC(C)C)C(C)=C2c2nc(-c3cccc(F)c3)no2)c1. The Bertz CT molecular complexity index is 1170. The van der Waals surface area contributed by atoms with Gasteiger partial charge in [0, 0.05) is 17.8 Å².